The van der Waals surface area contributed by atoms with Gasteiger partial charge in [0.05, 0.1) is 29.5 Å². The minimum absolute atomic E-state index is 0.635. The number of methoxy groups -OCH3 is 1. The van der Waals surface area contributed by atoms with Gasteiger partial charge >= 0.3 is 0 Å². The highest BCUT2D eigenvalue weighted by Gasteiger charge is 2.10. The number of halogens is 1. The number of nitrogens with two attached hydrogens (primary N) is 1. The van der Waals surface area contributed by atoms with Crippen LogP contribution in [0.3, 0.4) is 0 Å². The fraction of sp³-hybridized carbons (Fsp3) is 0.250. The van der Waals surface area contributed by atoms with E-state index in [9.17, 15) is 0 Å². The molecule has 0 saturated carbocycles. The van der Waals surface area contributed by atoms with Crippen molar-refractivity contribution >= 4 is 21.6 Å². The minimum atomic E-state index is 0.635. The molecule has 0 amide bonds. The number of hydrogen-bond donors (Lipinski definition) is 1. The SMILES string of the molecule is COCCn1ncc(Br)c1-c1ccc(N)cc1. The highest BCUT2D eigenvalue weighted by molar-refractivity contribution is 9.10. The van der Waals surface area contributed by atoms with E-state index in [1.165, 1.54) is 0 Å². The van der Waals surface area contributed by atoms with Crippen molar-refractivity contribution in [1.82, 2.24) is 9.78 Å². The maximum absolute atomic E-state index is 5.68. The van der Waals surface area contributed by atoms with E-state index in [2.05, 4.69) is 21.0 Å². The number of benzene rings is 1. The molecule has 0 unspecified atom stereocenters. The first-order valence-electron chi connectivity index (χ1n) is 5.28. The summed E-state index contributed by atoms with van der Waals surface area (Å²) in [6.07, 6.45) is 1.79. The molecule has 1 heterocycles. The molecule has 2 rings (SSSR count). The second kappa shape index (κ2) is 5.33. The Morgan fingerprint density at radius 1 is 1.35 bits per heavy atom. The molecule has 2 N–H and O–H groups in total. The summed E-state index contributed by atoms with van der Waals surface area (Å²) in [5.74, 6) is 0. The molecular formula is C12H14BrN3O. The molecule has 0 aliphatic heterocycles. The molecule has 5 heteroatoms. The van der Waals surface area contributed by atoms with E-state index in [0.717, 1.165) is 28.0 Å². The molecule has 0 fully saturated rings. The topological polar surface area (TPSA) is 53.1 Å². The maximum Gasteiger partial charge on any atom is 0.0825 e. The Morgan fingerprint density at radius 2 is 2.06 bits per heavy atom. The third-order valence-corrected chi connectivity index (χ3v) is 3.07. The predicted molar refractivity (Wildman–Crippen MR) is 71.7 cm³/mol. The van der Waals surface area contributed by atoms with Crippen molar-refractivity contribution < 1.29 is 4.74 Å². The van der Waals surface area contributed by atoms with Crippen LogP contribution < -0.4 is 5.73 Å². The fourth-order valence-electron chi connectivity index (χ4n) is 1.64. The summed E-state index contributed by atoms with van der Waals surface area (Å²) in [5.41, 5.74) is 8.57. The van der Waals surface area contributed by atoms with Gasteiger partial charge in [0.2, 0.25) is 0 Å². The van der Waals surface area contributed by atoms with Gasteiger partial charge in [-0.15, -0.1) is 0 Å². The van der Waals surface area contributed by atoms with Gasteiger partial charge in [0, 0.05) is 18.4 Å². The van der Waals surface area contributed by atoms with Crippen LogP contribution in [0.5, 0.6) is 0 Å². The van der Waals surface area contributed by atoms with Crippen molar-refractivity contribution in [2.75, 3.05) is 19.5 Å². The summed E-state index contributed by atoms with van der Waals surface area (Å²) in [4.78, 5) is 0. The van der Waals surface area contributed by atoms with Crippen LogP contribution in [0.25, 0.3) is 11.3 Å². The van der Waals surface area contributed by atoms with E-state index < -0.39 is 0 Å². The Labute approximate surface area is 109 Å². The molecule has 0 aliphatic carbocycles. The van der Waals surface area contributed by atoms with Gasteiger partial charge in [-0.1, -0.05) is 12.1 Å². The van der Waals surface area contributed by atoms with Crippen LogP contribution in [0.4, 0.5) is 5.69 Å². The van der Waals surface area contributed by atoms with Crippen molar-refractivity contribution in [2.24, 2.45) is 0 Å². The van der Waals surface area contributed by atoms with E-state index in [1.54, 1.807) is 13.3 Å². The van der Waals surface area contributed by atoms with Gasteiger partial charge in [0.15, 0.2) is 0 Å². The number of aromatic nitrogens is 2. The van der Waals surface area contributed by atoms with Crippen LogP contribution in [-0.2, 0) is 11.3 Å². The van der Waals surface area contributed by atoms with Crippen LogP contribution in [0.15, 0.2) is 34.9 Å². The Bertz CT molecular complexity index is 493. The predicted octanol–water partition coefficient (Wildman–Crippen LogP) is 2.54. The van der Waals surface area contributed by atoms with Gasteiger partial charge in [0.25, 0.3) is 0 Å². The molecule has 1 aromatic heterocycles. The molecule has 90 valence electrons. The van der Waals surface area contributed by atoms with Crippen molar-refractivity contribution in [3.63, 3.8) is 0 Å². The molecule has 2 aromatic rings. The van der Waals surface area contributed by atoms with Crippen molar-refractivity contribution in [3.05, 3.63) is 34.9 Å². The molecule has 0 radical (unpaired) electrons. The molecule has 0 aliphatic rings. The van der Waals surface area contributed by atoms with Crippen LogP contribution >= 0.6 is 15.9 Å². The van der Waals surface area contributed by atoms with Gasteiger partial charge in [-0.25, -0.2) is 0 Å². The normalized spacial score (nSPS) is 10.7. The van der Waals surface area contributed by atoms with Crippen LogP contribution in [-0.4, -0.2) is 23.5 Å². The monoisotopic (exact) mass is 295 g/mol. The zero-order valence-corrected chi connectivity index (χ0v) is 11.1. The van der Waals surface area contributed by atoms with E-state index in [4.69, 9.17) is 10.5 Å². The number of hydrogen-bond acceptors (Lipinski definition) is 3. The van der Waals surface area contributed by atoms with Crippen molar-refractivity contribution in [3.8, 4) is 11.3 Å². The summed E-state index contributed by atoms with van der Waals surface area (Å²) in [5, 5.41) is 4.31. The van der Waals surface area contributed by atoms with Gasteiger partial charge in [-0.05, 0) is 28.1 Å². The van der Waals surface area contributed by atoms with Crippen molar-refractivity contribution in [1.29, 1.82) is 0 Å². The number of nitrogen functional groups attached to an aromatic ring is 1. The van der Waals surface area contributed by atoms with Crippen LogP contribution in [0.1, 0.15) is 0 Å². The van der Waals surface area contributed by atoms with Gasteiger partial charge < -0.3 is 10.5 Å². The van der Waals surface area contributed by atoms with Crippen molar-refractivity contribution in [2.45, 2.75) is 6.54 Å². The number of anilines is 1. The fourth-order valence-corrected chi connectivity index (χ4v) is 2.16. The molecule has 0 spiro atoms. The lowest BCUT2D eigenvalue weighted by atomic mass is 10.1. The number of ether oxygens (including phenoxy) is 1. The quantitative estimate of drug-likeness (QED) is 0.882. The number of nitrogens with zero attached hydrogens (tertiary/aromatic N) is 2. The summed E-state index contributed by atoms with van der Waals surface area (Å²) in [7, 11) is 1.68. The Hall–Kier alpha value is -1.33. The Morgan fingerprint density at radius 3 is 2.71 bits per heavy atom. The largest absolute Gasteiger partial charge is 0.399 e. The summed E-state index contributed by atoms with van der Waals surface area (Å²) < 4.78 is 7.96. The third-order valence-electron chi connectivity index (χ3n) is 2.49. The Kier molecular flexibility index (Phi) is 3.81. The summed E-state index contributed by atoms with van der Waals surface area (Å²) in [6.45, 7) is 1.36. The van der Waals surface area contributed by atoms with Crippen LogP contribution in [0.2, 0.25) is 0 Å². The van der Waals surface area contributed by atoms with E-state index in [1.807, 2.05) is 28.9 Å². The zero-order chi connectivity index (χ0) is 12.3. The van der Waals surface area contributed by atoms with E-state index >= 15 is 0 Å². The third kappa shape index (κ3) is 2.68. The highest BCUT2D eigenvalue weighted by atomic mass is 79.9. The van der Waals surface area contributed by atoms with Gasteiger partial charge in [0.1, 0.15) is 0 Å². The standard InChI is InChI=1S/C12H14BrN3O/c1-17-7-6-16-12(11(13)8-15-16)9-2-4-10(14)5-3-9/h2-5,8H,6-7,14H2,1H3. The second-order valence-electron chi connectivity index (χ2n) is 3.68. The van der Waals surface area contributed by atoms with Gasteiger partial charge in [-0.3, -0.25) is 4.68 Å². The lowest BCUT2D eigenvalue weighted by Crippen LogP contribution is -2.07. The molecule has 1 aromatic carbocycles. The number of rotatable bonds is 4. The summed E-state index contributed by atoms with van der Waals surface area (Å²) in [6, 6.07) is 7.74. The molecule has 0 saturated heterocycles. The molecule has 0 bridgehead atoms. The molecular weight excluding hydrogens is 282 g/mol. The smallest absolute Gasteiger partial charge is 0.0825 e. The van der Waals surface area contributed by atoms with E-state index in [0.29, 0.717) is 6.61 Å². The zero-order valence-electron chi connectivity index (χ0n) is 9.56. The lowest BCUT2D eigenvalue weighted by Gasteiger charge is -2.08. The molecule has 4 nitrogen and oxygen atoms in total. The van der Waals surface area contributed by atoms with Gasteiger partial charge in [-0.2, -0.15) is 5.10 Å². The molecule has 17 heavy (non-hydrogen) atoms. The molecule has 0 atom stereocenters. The average molecular weight is 296 g/mol. The maximum atomic E-state index is 5.68. The second-order valence-corrected chi connectivity index (χ2v) is 4.53. The van der Waals surface area contributed by atoms with E-state index in [-0.39, 0.29) is 0 Å². The average Bonchev–Trinajstić information content (AvgIpc) is 2.69. The first-order chi connectivity index (χ1) is 8.22. The summed E-state index contributed by atoms with van der Waals surface area (Å²) >= 11 is 3.51. The Balaban J connectivity index is 2.36. The van der Waals surface area contributed by atoms with Crippen LogP contribution in [0, 0.1) is 0 Å². The first kappa shape index (κ1) is 12.1. The lowest BCUT2D eigenvalue weighted by molar-refractivity contribution is 0.184. The first-order valence-corrected chi connectivity index (χ1v) is 6.08. The highest BCUT2D eigenvalue weighted by Crippen LogP contribution is 2.28. The minimum Gasteiger partial charge on any atom is -0.399 e.